The van der Waals surface area contributed by atoms with Crippen LogP contribution in [0.3, 0.4) is 0 Å². The second kappa shape index (κ2) is 7.22. The summed E-state index contributed by atoms with van der Waals surface area (Å²) in [6.07, 6.45) is -0.484. The molecule has 19 heavy (non-hydrogen) atoms. The average Bonchev–Trinajstić information content (AvgIpc) is 2.18. The van der Waals surface area contributed by atoms with Crippen molar-refractivity contribution in [2.45, 2.75) is 30.2 Å². The molecule has 0 aliphatic heterocycles. The molecule has 0 fully saturated rings. The zero-order valence-electron chi connectivity index (χ0n) is 10.9. The third-order valence-corrected chi connectivity index (χ3v) is 1.83. The Morgan fingerprint density at radius 2 is 1.74 bits per heavy atom. The number of halogens is 3. The number of hydrogen-bond acceptors (Lipinski definition) is 4. The van der Waals surface area contributed by atoms with Crippen LogP contribution in [0.2, 0.25) is 0 Å². The molecule has 0 aromatic rings. The van der Waals surface area contributed by atoms with E-state index < -0.39 is 28.2 Å². The van der Waals surface area contributed by atoms with Gasteiger partial charge in [0, 0.05) is 0 Å². The molecule has 0 rings (SSSR count). The van der Waals surface area contributed by atoms with Gasteiger partial charge < -0.3 is 9.47 Å². The normalized spacial score (nSPS) is 11.7. The van der Waals surface area contributed by atoms with Crippen LogP contribution in [0.25, 0.3) is 0 Å². The number of rotatable bonds is 3. The van der Waals surface area contributed by atoms with Gasteiger partial charge in [0.05, 0.1) is 6.54 Å². The van der Waals surface area contributed by atoms with Gasteiger partial charge in [-0.05, 0) is 20.8 Å². The van der Waals surface area contributed by atoms with E-state index in [1.807, 2.05) is 0 Å². The van der Waals surface area contributed by atoms with Crippen LogP contribution in [-0.2, 0) is 9.47 Å². The molecule has 0 radical (unpaired) electrons. The molecule has 5 nitrogen and oxygen atoms in total. The maximum atomic E-state index is 11.8. The van der Waals surface area contributed by atoms with Gasteiger partial charge in [0.15, 0.2) is 0 Å². The summed E-state index contributed by atoms with van der Waals surface area (Å²) in [4.78, 5) is 24.2. The smallest absolute Gasteiger partial charge is 0.420 e. The molecule has 2 amide bonds. The van der Waals surface area contributed by atoms with E-state index in [1.54, 1.807) is 20.8 Å². The maximum absolute atomic E-state index is 11.8. The van der Waals surface area contributed by atoms with Crippen LogP contribution in [0.5, 0.6) is 0 Å². The highest BCUT2D eigenvalue weighted by atomic mass is 35.6. The van der Waals surface area contributed by atoms with Crippen molar-refractivity contribution in [3.05, 3.63) is 12.7 Å². The molecule has 0 bridgehead atoms. The summed E-state index contributed by atoms with van der Waals surface area (Å²) in [7, 11) is 0. The molecule has 110 valence electrons. The summed E-state index contributed by atoms with van der Waals surface area (Å²) in [5.74, 6) is 0. The van der Waals surface area contributed by atoms with Gasteiger partial charge in [-0.1, -0.05) is 40.9 Å². The highest BCUT2D eigenvalue weighted by Crippen LogP contribution is 2.26. The quantitative estimate of drug-likeness (QED) is 0.580. The number of amides is 2. The monoisotopic (exact) mass is 331 g/mol. The minimum atomic E-state index is -1.75. The van der Waals surface area contributed by atoms with Crippen molar-refractivity contribution in [3.63, 3.8) is 0 Å². The van der Waals surface area contributed by atoms with Crippen molar-refractivity contribution in [1.82, 2.24) is 4.90 Å². The Hall–Kier alpha value is -0.650. The van der Waals surface area contributed by atoms with Crippen molar-refractivity contribution in [2.75, 3.05) is 13.2 Å². The lowest BCUT2D eigenvalue weighted by molar-refractivity contribution is 0.0244. The summed E-state index contributed by atoms with van der Waals surface area (Å²) in [5, 5.41) is 0. The predicted molar refractivity (Wildman–Crippen MR) is 74.8 cm³/mol. The van der Waals surface area contributed by atoms with Crippen LogP contribution >= 0.6 is 34.8 Å². The second-order valence-electron chi connectivity index (χ2n) is 4.55. The Labute approximate surface area is 127 Å². The molecule has 0 aromatic carbocycles. The number of nitrogens with zero attached hydrogens (tertiary/aromatic N) is 1. The average molecular weight is 333 g/mol. The van der Waals surface area contributed by atoms with Crippen molar-refractivity contribution in [1.29, 1.82) is 0 Å². The zero-order valence-corrected chi connectivity index (χ0v) is 13.2. The molecular formula is C11H16Cl3NO4. The Balaban J connectivity index is 4.67. The topological polar surface area (TPSA) is 55.8 Å². The summed E-state index contributed by atoms with van der Waals surface area (Å²) in [6, 6.07) is 0. The first-order valence-corrected chi connectivity index (χ1v) is 6.44. The fourth-order valence-corrected chi connectivity index (χ4v) is 1.05. The highest BCUT2D eigenvalue weighted by molar-refractivity contribution is 6.67. The van der Waals surface area contributed by atoms with Crippen molar-refractivity contribution >= 4 is 47.0 Å². The first kappa shape index (κ1) is 18.4. The van der Waals surface area contributed by atoms with E-state index in [4.69, 9.17) is 44.3 Å². The van der Waals surface area contributed by atoms with Crippen molar-refractivity contribution in [2.24, 2.45) is 0 Å². The van der Waals surface area contributed by atoms with Gasteiger partial charge in [-0.3, -0.25) is 0 Å². The predicted octanol–water partition coefficient (Wildman–Crippen LogP) is 3.92. The van der Waals surface area contributed by atoms with Gasteiger partial charge in [0.2, 0.25) is 3.79 Å². The van der Waals surface area contributed by atoms with Crippen LogP contribution < -0.4 is 0 Å². The number of carbonyl (C=O) groups excluding carboxylic acids is 2. The fourth-order valence-electron chi connectivity index (χ4n) is 0.891. The Morgan fingerprint density at radius 1 is 1.21 bits per heavy atom. The molecule has 0 aliphatic rings. The van der Waals surface area contributed by atoms with Gasteiger partial charge in [-0.2, -0.15) is 0 Å². The second-order valence-corrected chi connectivity index (χ2v) is 7.07. The molecule has 0 atom stereocenters. The van der Waals surface area contributed by atoms with Crippen LogP contribution in [0, 0.1) is 0 Å². The molecule has 0 heterocycles. The van der Waals surface area contributed by atoms with Crippen LogP contribution in [0.4, 0.5) is 9.59 Å². The Bertz CT molecular complexity index is 347. The van der Waals surface area contributed by atoms with Gasteiger partial charge in [-0.15, -0.1) is 6.58 Å². The van der Waals surface area contributed by atoms with Crippen molar-refractivity contribution in [3.8, 4) is 0 Å². The minimum Gasteiger partial charge on any atom is -0.444 e. The largest absolute Gasteiger partial charge is 0.444 e. The summed E-state index contributed by atoms with van der Waals surface area (Å²) in [6.45, 7) is 7.89. The number of carbonyl (C=O) groups is 2. The van der Waals surface area contributed by atoms with Gasteiger partial charge >= 0.3 is 12.2 Å². The molecule has 0 aromatic heterocycles. The SMILES string of the molecule is C=CCN(C(=O)OCC(Cl)(Cl)Cl)C(=O)OC(C)(C)C. The Morgan fingerprint density at radius 3 is 2.11 bits per heavy atom. The third-order valence-electron chi connectivity index (χ3n) is 1.51. The molecule has 0 N–H and O–H groups in total. The van der Waals surface area contributed by atoms with Crippen LogP contribution in [-0.4, -0.2) is 39.6 Å². The zero-order chi connectivity index (χ0) is 15.3. The van der Waals surface area contributed by atoms with Crippen LogP contribution in [0.1, 0.15) is 20.8 Å². The van der Waals surface area contributed by atoms with E-state index in [-0.39, 0.29) is 6.54 Å². The first-order chi connectivity index (χ1) is 8.46. The van der Waals surface area contributed by atoms with E-state index in [0.717, 1.165) is 0 Å². The van der Waals surface area contributed by atoms with Gasteiger partial charge in [0.25, 0.3) is 0 Å². The molecule has 0 saturated carbocycles. The third kappa shape index (κ3) is 8.97. The Kier molecular flexibility index (Phi) is 6.97. The molecular weight excluding hydrogens is 316 g/mol. The number of ether oxygens (including phenoxy) is 2. The minimum absolute atomic E-state index is 0.0758. The summed E-state index contributed by atoms with van der Waals surface area (Å²) >= 11 is 16.3. The molecule has 0 spiro atoms. The van der Waals surface area contributed by atoms with Gasteiger partial charge in [-0.25, -0.2) is 14.5 Å². The lowest BCUT2D eigenvalue weighted by Crippen LogP contribution is -2.42. The maximum Gasteiger partial charge on any atom is 0.420 e. The van der Waals surface area contributed by atoms with Crippen molar-refractivity contribution < 1.29 is 19.1 Å². The van der Waals surface area contributed by atoms with E-state index >= 15 is 0 Å². The fraction of sp³-hybridized carbons (Fsp3) is 0.636. The number of imide groups is 1. The van der Waals surface area contributed by atoms with E-state index in [1.165, 1.54) is 6.08 Å². The summed E-state index contributed by atoms with van der Waals surface area (Å²) in [5.41, 5.74) is -0.744. The lowest BCUT2D eigenvalue weighted by Gasteiger charge is -2.25. The van der Waals surface area contributed by atoms with E-state index in [9.17, 15) is 9.59 Å². The van der Waals surface area contributed by atoms with E-state index in [2.05, 4.69) is 6.58 Å². The molecule has 0 aliphatic carbocycles. The molecule has 0 saturated heterocycles. The summed E-state index contributed by atoms with van der Waals surface area (Å²) < 4.78 is 8.00. The molecule has 0 unspecified atom stereocenters. The molecule has 8 heteroatoms. The van der Waals surface area contributed by atoms with E-state index in [0.29, 0.717) is 4.90 Å². The number of hydrogen-bond donors (Lipinski definition) is 0. The standard InChI is InChI=1S/C11H16Cl3NO4/c1-5-6-15(9(17)19-10(2,3)4)8(16)18-7-11(12,13)14/h5H,1,6-7H2,2-4H3. The lowest BCUT2D eigenvalue weighted by atomic mass is 10.2. The van der Waals surface area contributed by atoms with Crippen LogP contribution in [0.15, 0.2) is 12.7 Å². The van der Waals surface area contributed by atoms with Gasteiger partial charge in [0.1, 0.15) is 12.2 Å². The highest BCUT2D eigenvalue weighted by Gasteiger charge is 2.30. The number of alkyl halides is 3. The first-order valence-electron chi connectivity index (χ1n) is 5.31.